The third-order valence-electron chi connectivity index (χ3n) is 6.08. The number of halogens is 3. The van der Waals surface area contributed by atoms with Crippen molar-refractivity contribution in [1.82, 2.24) is 24.3 Å². The van der Waals surface area contributed by atoms with Crippen LogP contribution in [0.5, 0.6) is 0 Å². The Labute approximate surface area is 215 Å². The molecule has 1 aliphatic heterocycles. The van der Waals surface area contributed by atoms with Crippen LogP contribution < -0.4 is 5.32 Å². The number of nitrogens with zero attached hydrogens (tertiary/aromatic N) is 5. The normalized spacial score (nSPS) is 16.8. The van der Waals surface area contributed by atoms with E-state index in [-0.39, 0.29) is 15.8 Å². The predicted octanol–water partition coefficient (Wildman–Crippen LogP) is 4.17. The van der Waals surface area contributed by atoms with Crippen molar-refractivity contribution < 1.29 is 26.1 Å². The Balaban J connectivity index is 1.21. The maximum absolute atomic E-state index is 13.4. The average molecular weight is 553 g/mol. The molecule has 0 amide bonds. The molecular formula is C23H23F3N6O3S2. The van der Waals surface area contributed by atoms with E-state index >= 15 is 0 Å². The molecule has 196 valence electrons. The molecule has 0 saturated carbocycles. The van der Waals surface area contributed by atoms with Crippen molar-refractivity contribution in [3.8, 4) is 10.6 Å². The Morgan fingerprint density at radius 2 is 1.89 bits per heavy atom. The summed E-state index contributed by atoms with van der Waals surface area (Å²) < 4.78 is 72.9. The van der Waals surface area contributed by atoms with E-state index in [2.05, 4.69) is 25.3 Å². The number of anilines is 1. The predicted molar refractivity (Wildman–Crippen MR) is 133 cm³/mol. The lowest BCUT2D eigenvalue weighted by atomic mass is 10.1. The lowest BCUT2D eigenvalue weighted by molar-refractivity contribution is -0.136. The summed E-state index contributed by atoms with van der Waals surface area (Å²) >= 11 is 1.15. The number of thiophene rings is 1. The van der Waals surface area contributed by atoms with Gasteiger partial charge in [-0.3, -0.25) is 4.90 Å². The van der Waals surface area contributed by atoms with Gasteiger partial charge in [0.05, 0.1) is 16.0 Å². The first kappa shape index (κ1) is 25.6. The molecule has 1 aliphatic rings. The lowest BCUT2D eigenvalue weighted by Crippen LogP contribution is -2.50. The molecule has 0 bridgehead atoms. The van der Waals surface area contributed by atoms with Crippen molar-refractivity contribution in [2.24, 2.45) is 0 Å². The summed E-state index contributed by atoms with van der Waals surface area (Å²) in [6.45, 7) is 4.18. The van der Waals surface area contributed by atoms with Gasteiger partial charge in [-0.1, -0.05) is 11.2 Å². The zero-order valence-corrected chi connectivity index (χ0v) is 21.3. The molecule has 14 heteroatoms. The third-order valence-corrected chi connectivity index (χ3v) is 9.56. The van der Waals surface area contributed by atoms with Crippen LogP contribution in [0.3, 0.4) is 0 Å². The number of alkyl halides is 3. The van der Waals surface area contributed by atoms with Crippen LogP contribution in [0, 0.1) is 0 Å². The molecule has 0 aliphatic carbocycles. The standard InChI is InChI=1S/C23H23F3N6O3S2/c1-15(29-22-16-3-2-4-17(23(24,25)26)21(16)27-14-28-22)13-31-8-10-32(11-9-31)37(33,34)20-6-5-19(36-20)18-7-12-35-30-18/h2-7,12,14-15H,8-11,13H2,1H3,(H,27,28,29)/t15-/m0/s1. The highest BCUT2D eigenvalue weighted by Gasteiger charge is 2.34. The number of para-hydroxylation sites is 1. The quantitative estimate of drug-likeness (QED) is 0.364. The van der Waals surface area contributed by atoms with E-state index in [0.29, 0.717) is 54.5 Å². The summed E-state index contributed by atoms with van der Waals surface area (Å²) in [5, 5.41) is 7.33. The lowest BCUT2D eigenvalue weighted by Gasteiger charge is -2.35. The molecule has 1 saturated heterocycles. The Morgan fingerprint density at radius 3 is 2.59 bits per heavy atom. The summed E-state index contributed by atoms with van der Waals surface area (Å²) in [5.41, 5.74) is -0.373. The van der Waals surface area contributed by atoms with Gasteiger partial charge in [-0.15, -0.1) is 11.3 Å². The molecule has 1 aromatic carbocycles. The second kappa shape index (κ2) is 10.0. The molecule has 1 atom stereocenters. The Bertz CT molecular complexity index is 1480. The van der Waals surface area contributed by atoms with Crippen LogP contribution in [0.4, 0.5) is 19.0 Å². The molecule has 5 rings (SSSR count). The molecule has 9 nitrogen and oxygen atoms in total. The van der Waals surface area contributed by atoms with Gasteiger partial charge in [-0.25, -0.2) is 18.4 Å². The number of sulfonamides is 1. The summed E-state index contributed by atoms with van der Waals surface area (Å²) in [5.74, 6) is 0.324. The van der Waals surface area contributed by atoms with Gasteiger partial charge in [-0.2, -0.15) is 17.5 Å². The van der Waals surface area contributed by atoms with Crippen LogP contribution in [-0.4, -0.2) is 71.5 Å². The van der Waals surface area contributed by atoms with Crippen LogP contribution in [0.2, 0.25) is 0 Å². The van der Waals surface area contributed by atoms with Gasteiger partial charge >= 0.3 is 6.18 Å². The van der Waals surface area contributed by atoms with Crippen LogP contribution in [-0.2, 0) is 16.2 Å². The maximum Gasteiger partial charge on any atom is 0.418 e. The van der Waals surface area contributed by atoms with Crippen LogP contribution in [0.25, 0.3) is 21.5 Å². The van der Waals surface area contributed by atoms with Crippen molar-refractivity contribution >= 4 is 38.1 Å². The van der Waals surface area contributed by atoms with Gasteiger partial charge in [0.2, 0.25) is 0 Å². The van der Waals surface area contributed by atoms with Crippen LogP contribution in [0.1, 0.15) is 12.5 Å². The summed E-state index contributed by atoms with van der Waals surface area (Å²) in [4.78, 5) is 10.8. The number of hydrogen-bond acceptors (Lipinski definition) is 9. The number of nitrogens with one attached hydrogen (secondary N) is 1. The molecule has 1 N–H and O–H groups in total. The molecule has 0 spiro atoms. The third kappa shape index (κ3) is 5.32. The number of benzene rings is 1. The van der Waals surface area contributed by atoms with E-state index in [0.717, 1.165) is 23.7 Å². The van der Waals surface area contributed by atoms with E-state index in [1.54, 1.807) is 24.3 Å². The fraction of sp³-hybridized carbons (Fsp3) is 0.348. The van der Waals surface area contributed by atoms with Gasteiger partial charge in [0.15, 0.2) is 0 Å². The monoisotopic (exact) mass is 552 g/mol. The maximum atomic E-state index is 13.4. The van der Waals surface area contributed by atoms with E-state index < -0.39 is 21.8 Å². The highest BCUT2D eigenvalue weighted by Crippen LogP contribution is 2.35. The number of hydrogen-bond donors (Lipinski definition) is 1. The summed E-state index contributed by atoms with van der Waals surface area (Å²) in [6.07, 6.45) is -1.96. The van der Waals surface area contributed by atoms with Gasteiger partial charge in [0, 0.05) is 50.2 Å². The van der Waals surface area contributed by atoms with Crippen molar-refractivity contribution in [2.75, 3.05) is 38.0 Å². The SMILES string of the molecule is C[C@@H](CN1CCN(S(=O)(=O)c2ccc(-c3ccon3)s2)CC1)Nc1ncnc2c(C(F)(F)F)cccc12. The smallest absolute Gasteiger partial charge is 0.366 e. The molecular weight excluding hydrogens is 529 g/mol. The van der Waals surface area contributed by atoms with E-state index in [4.69, 9.17) is 4.52 Å². The Morgan fingerprint density at radius 1 is 1.11 bits per heavy atom. The van der Waals surface area contributed by atoms with Gasteiger partial charge in [-0.05, 0) is 31.2 Å². The minimum atomic E-state index is -4.52. The van der Waals surface area contributed by atoms with Crippen molar-refractivity contribution in [3.63, 3.8) is 0 Å². The molecule has 3 aromatic heterocycles. The molecule has 37 heavy (non-hydrogen) atoms. The van der Waals surface area contributed by atoms with Gasteiger partial charge in [0.25, 0.3) is 10.0 Å². The molecule has 4 aromatic rings. The average Bonchev–Trinajstić information content (AvgIpc) is 3.56. The van der Waals surface area contributed by atoms with Crippen molar-refractivity contribution in [1.29, 1.82) is 0 Å². The fourth-order valence-corrected chi connectivity index (χ4v) is 7.16. The topological polar surface area (TPSA) is 104 Å². The largest absolute Gasteiger partial charge is 0.418 e. The van der Waals surface area contributed by atoms with E-state index in [1.165, 1.54) is 16.6 Å². The highest BCUT2D eigenvalue weighted by atomic mass is 32.2. The van der Waals surface area contributed by atoms with Crippen molar-refractivity contribution in [3.05, 3.63) is 54.6 Å². The minimum Gasteiger partial charge on any atom is -0.366 e. The Kier molecular flexibility index (Phi) is 6.91. The van der Waals surface area contributed by atoms with Crippen LogP contribution >= 0.6 is 11.3 Å². The highest BCUT2D eigenvalue weighted by molar-refractivity contribution is 7.91. The zero-order valence-electron chi connectivity index (χ0n) is 19.6. The number of fused-ring (bicyclic) bond motifs is 1. The molecule has 1 fully saturated rings. The number of rotatable bonds is 7. The van der Waals surface area contributed by atoms with E-state index in [9.17, 15) is 21.6 Å². The fourth-order valence-electron chi connectivity index (χ4n) is 4.31. The first-order valence-corrected chi connectivity index (χ1v) is 13.7. The summed E-state index contributed by atoms with van der Waals surface area (Å²) in [7, 11) is -3.63. The second-order valence-electron chi connectivity index (χ2n) is 8.68. The molecule has 4 heterocycles. The van der Waals surface area contributed by atoms with E-state index in [1.807, 2.05) is 6.92 Å². The van der Waals surface area contributed by atoms with Gasteiger partial charge in [0.1, 0.15) is 28.3 Å². The zero-order chi connectivity index (χ0) is 26.2. The van der Waals surface area contributed by atoms with Crippen molar-refractivity contribution in [2.45, 2.75) is 23.4 Å². The minimum absolute atomic E-state index is 0.154. The number of aromatic nitrogens is 3. The molecule has 0 radical (unpaired) electrons. The van der Waals surface area contributed by atoms with Crippen LogP contribution in [0.15, 0.2) is 57.7 Å². The van der Waals surface area contributed by atoms with Gasteiger partial charge < -0.3 is 9.84 Å². The second-order valence-corrected chi connectivity index (χ2v) is 11.9. The Hall–Kier alpha value is -3.07. The first-order chi connectivity index (χ1) is 17.6. The number of piperazine rings is 1. The molecule has 0 unspecified atom stereocenters. The first-order valence-electron chi connectivity index (χ1n) is 11.4. The summed E-state index contributed by atoms with van der Waals surface area (Å²) in [6, 6.07) is 8.72.